The highest BCUT2D eigenvalue weighted by molar-refractivity contribution is 5.90. The molecular formula is C13H17FN2O2. The van der Waals surface area contributed by atoms with E-state index in [9.17, 15) is 9.18 Å². The molecule has 0 atom stereocenters. The van der Waals surface area contributed by atoms with E-state index in [0.717, 1.165) is 25.9 Å². The summed E-state index contributed by atoms with van der Waals surface area (Å²) in [6.07, 6.45) is 1.61. The summed E-state index contributed by atoms with van der Waals surface area (Å²) in [6, 6.07) is 3.89. The second-order valence-electron chi connectivity index (χ2n) is 4.64. The van der Waals surface area contributed by atoms with E-state index >= 15 is 0 Å². The number of esters is 1. The van der Waals surface area contributed by atoms with Gasteiger partial charge < -0.3 is 15.4 Å². The fourth-order valence-electron chi connectivity index (χ4n) is 1.99. The molecule has 4 nitrogen and oxygen atoms in total. The number of likely N-dealkylation sites (tertiary alicyclic amines) is 1. The van der Waals surface area contributed by atoms with Crippen LogP contribution in [0.5, 0.6) is 0 Å². The lowest BCUT2D eigenvalue weighted by molar-refractivity contribution is 0.0139. The molecular weight excluding hydrogens is 235 g/mol. The summed E-state index contributed by atoms with van der Waals surface area (Å²) in [5, 5.41) is 0. The van der Waals surface area contributed by atoms with Crippen molar-refractivity contribution in [3.63, 3.8) is 0 Å². The number of anilines is 1. The van der Waals surface area contributed by atoms with Gasteiger partial charge in [-0.15, -0.1) is 0 Å². The highest BCUT2D eigenvalue weighted by atomic mass is 19.1. The monoisotopic (exact) mass is 252 g/mol. The molecule has 2 rings (SSSR count). The SMILES string of the molecule is CN1CCC(OC(=O)c2ccc(F)c(N)c2)CC1. The minimum Gasteiger partial charge on any atom is -0.459 e. The lowest BCUT2D eigenvalue weighted by Gasteiger charge is -2.28. The third kappa shape index (κ3) is 2.98. The molecule has 18 heavy (non-hydrogen) atoms. The first-order chi connectivity index (χ1) is 8.56. The van der Waals surface area contributed by atoms with Crippen molar-refractivity contribution in [2.24, 2.45) is 0 Å². The Balaban J connectivity index is 1.97. The van der Waals surface area contributed by atoms with Crippen LogP contribution >= 0.6 is 0 Å². The van der Waals surface area contributed by atoms with E-state index < -0.39 is 11.8 Å². The van der Waals surface area contributed by atoms with Crippen molar-refractivity contribution in [1.82, 2.24) is 4.90 Å². The van der Waals surface area contributed by atoms with Gasteiger partial charge in [0.15, 0.2) is 0 Å². The van der Waals surface area contributed by atoms with Crippen LogP contribution in [-0.4, -0.2) is 37.1 Å². The molecule has 0 radical (unpaired) electrons. The summed E-state index contributed by atoms with van der Waals surface area (Å²) in [5.74, 6) is -0.956. The van der Waals surface area contributed by atoms with Crippen LogP contribution < -0.4 is 5.73 Å². The molecule has 0 spiro atoms. The number of rotatable bonds is 2. The van der Waals surface area contributed by atoms with Crippen LogP contribution in [0.25, 0.3) is 0 Å². The number of benzene rings is 1. The van der Waals surface area contributed by atoms with Gasteiger partial charge in [0.2, 0.25) is 0 Å². The molecule has 98 valence electrons. The number of hydrogen-bond acceptors (Lipinski definition) is 4. The van der Waals surface area contributed by atoms with Gasteiger partial charge in [-0.2, -0.15) is 0 Å². The maximum absolute atomic E-state index is 13.0. The molecule has 1 fully saturated rings. The average molecular weight is 252 g/mol. The Kier molecular flexibility index (Phi) is 3.81. The average Bonchev–Trinajstić information content (AvgIpc) is 2.35. The predicted molar refractivity (Wildman–Crippen MR) is 66.7 cm³/mol. The number of ether oxygens (including phenoxy) is 1. The zero-order chi connectivity index (χ0) is 13.1. The smallest absolute Gasteiger partial charge is 0.338 e. The highest BCUT2D eigenvalue weighted by Gasteiger charge is 2.21. The number of carbonyl (C=O) groups is 1. The fraction of sp³-hybridized carbons (Fsp3) is 0.462. The number of piperidine rings is 1. The lowest BCUT2D eigenvalue weighted by Crippen LogP contribution is -2.35. The van der Waals surface area contributed by atoms with Crippen molar-refractivity contribution in [2.45, 2.75) is 18.9 Å². The molecule has 1 aliphatic heterocycles. The summed E-state index contributed by atoms with van der Waals surface area (Å²) in [5.41, 5.74) is 5.68. The minimum atomic E-state index is -0.522. The first kappa shape index (κ1) is 12.8. The molecule has 0 aromatic heterocycles. The van der Waals surface area contributed by atoms with E-state index in [0.29, 0.717) is 5.56 Å². The van der Waals surface area contributed by atoms with Gasteiger partial charge >= 0.3 is 5.97 Å². The second kappa shape index (κ2) is 5.35. The molecule has 1 aromatic rings. The number of carbonyl (C=O) groups excluding carboxylic acids is 1. The van der Waals surface area contributed by atoms with Gasteiger partial charge in [-0.25, -0.2) is 9.18 Å². The number of nitrogens with two attached hydrogens (primary N) is 1. The van der Waals surface area contributed by atoms with Crippen LogP contribution in [0.1, 0.15) is 23.2 Å². The molecule has 2 N–H and O–H groups in total. The molecule has 0 amide bonds. The van der Waals surface area contributed by atoms with E-state index in [1.807, 2.05) is 7.05 Å². The van der Waals surface area contributed by atoms with Crippen LogP contribution in [0.15, 0.2) is 18.2 Å². The zero-order valence-electron chi connectivity index (χ0n) is 10.4. The minimum absolute atomic E-state index is 0.0344. The maximum Gasteiger partial charge on any atom is 0.338 e. The number of nitrogen functional groups attached to an aromatic ring is 1. The number of nitrogens with zero attached hydrogens (tertiary/aromatic N) is 1. The third-order valence-electron chi connectivity index (χ3n) is 3.17. The fourth-order valence-corrected chi connectivity index (χ4v) is 1.99. The Morgan fingerprint density at radius 1 is 1.44 bits per heavy atom. The van der Waals surface area contributed by atoms with Crippen molar-refractivity contribution in [1.29, 1.82) is 0 Å². The molecule has 1 heterocycles. The Morgan fingerprint density at radius 3 is 2.72 bits per heavy atom. The first-order valence-corrected chi connectivity index (χ1v) is 6.01. The first-order valence-electron chi connectivity index (χ1n) is 6.01. The van der Waals surface area contributed by atoms with Crippen molar-refractivity contribution >= 4 is 11.7 Å². The van der Waals surface area contributed by atoms with Crippen LogP contribution in [-0.2, 0) is 4.74 Å². The van der Waals surface area contributed by atoms with Crippen LogP contribution in [0, 0.1) is 5.82 Å². The van der Waals surface area contributed by atoms with E-state index in [2.05, 4.69) is 4.90 Å². The molecule has 0 aliphatic carbocycles. The van der Waals surface area contributed by atoms with E-state index in [1.54, 1.807) is 0 Å². The summed E-state index contributed by atoms with van der Waals surface area (Å²) in [6.45, 7) is 1.84. The Labute approximate surface area is 106 Å². The van der Waals surface area contributed by atoms with Crippen LogP contribution in [0.2, 0.25) is 0 Å². The van der Waals surface area contributed by atoms with Gasteiger partial charge in [-0.1, -0.05) is 0 Å². The largest absolute Gasteiger partial charge is 0.459 e. The van der Waals surface area contributed by atoms with Gasteiger partial charge in [0.25, 0.3) is 0 Å². The number of halogens is 1. The van der Waals surface area contributed by atoms with Crippen LogP contribution in [0.3, 0.4) is 0 Å². The van der Waals surface area contributed by atoms with Crippen molar-refractivity contribution in [3.8, 4) is 0 Å². The van der Waals surface area contributed by atoms with E-state index in [4.69, 9.17) is 10.5 Å². The highest BCUT2D eigenvalue weighted by Crippen LogP contribution is 2.17. The molecule has 0 bridgehead atoms. The molecule has 0 unspecified atom stereocenters. The van der Waals surface area contributed by atoms with Gasteiger partial charge in [-0.05, 0) is 38.1 Å². The molecule has 5 heteroatoms. The Bertz CT molecular complexity index is 443. The third-order valence-corrected chi connectivity index (χ3v) is 3.17. The summed E-state index contributed by atoms with van der Waals surface area (Å²) in [4.78, 5) is 14.0. The summed E-state index contributed by atoms with van der Waals surface area (Å²) >= 11 is 0. The van der Waals surface area contributed by atoms with E-state index in [-0.39, 0.29) is 11.8 Å². The normalized spacial score (nSPS) is 17.7. The van der Waals surface area contributed by atoms with Gasteiger partial charge in [0.1, 0.15) is 11.9 Å². The number of hydrogen-bond donors (Lipinski definition) is 1. The topological polar surface area (TPSA) is 55.6 Å². The quantitative estimate of drug-likeness (QED) is 0.642. The van der Waals surface area contributed by atoms with Gasteiger partial charge in [0, 0.05) is 13.1 Å². The van der Waals surface area contributed by atoms with Crippen molar-refractivity contribution in [2.75, 3.05) is 25.9 Å². The van der Waals surface area contributed by atoms with E-state index in [1.165, 1.54) is 18.2 Å². The Hall–Kier alpha value is -1.62. The molecule has 1 saturated heterocycles. The van der Waals surface area contributed by atoms with Gasteiger partial charge in [-0.3, -0.25) is 0 Å². The van der Waals surface area contributed by atoms with Gasteiger partial charge in [0.05, 0.1) is 11.3 Å². The zero-order valence-corrected chi connectivity index (χ0v) is 10.4. The molecule has 1 aromatic carbocycles. The predicted octanol–water partition coefficient (Wildman–Crippen LogP) is 1.66. The molecule has 1 aliphatic rings. The van der Waals surface area contributed by atoms with Crippen molar-refractivity contribution in [3.05, 3.63) is 29.6 Å². The lowest BCUT2D eigenvalue weighted by atomic mass is 10.1. The molecule has 0 saturated carbocycles. The Morgan fingerprint density at radius 2 is 2.11 bits per heavy atom. The van der Waals surface area contributed by atoms with Crippen LogP contribution in [0.4, 0.5) is 10.1 Å². The second-order valence-corrected chi connectivity index (χ2v) is 4.64. The summed E-state index contributed by atoms with van der Waals surface area (Å²) < 4.78 is 18.4. The maximum atomic E-state index is 13.0. The summed E-state index contributed by atoms with van der Waals surface area (Å²) in [7, 11) is 2.04. The van der Waals surface area contributed by atoms with Crippen molar-refractivity contribution < 1.29 is 13.9 Å². The standard InChI is InChI=1S/C13H17FN2O2/c1-16-6-4-10(5-7-16)18-13(17)9-2-3-11(14)12(15)8-9/h2-3,8,10H,4-7,15H2,1H3.